The van der Waals surface area contributed by atoms with E-state index < -0.39 is 11.8 Å². The van der Waals surface area contributed by atoms with E-state index in [9.17, 15) is 9.59 Å². The number of thiocarbonyl (C=S) groups is 1. The third kappa shape index (κ3) is 3.29. The van der Waals surface area contributed by atoms with Gasteiger partial charge in [-0.3, -0.25) is 19.8 Å². The Morgan fingerprint density at radius 1 is 1.25 bits per heavy atom. The summed E-state index contributed by atoms with van der Waals surface area (Å²) < 4.78 is 0. The topological polar surface area (TPSA) is 52.7 Å². The number of anilines is 1. The van der Waals surface area contributed by atoms with Gasteiger partial charge in [0.25, 0.3) is 11.8 Å². The summed E-state index contributed by atoms with van der Waals surface area (Å²) in [7, 11) is 2.07. The van der Waals surface area contributed by atoms with Crippen LogP contribution >= 0.6 is 12.2 Å². The Kier molecular flexibility index (Phi) is 5.02. The maximum Gasteiger partial charge on any atom is 0.265 e. The van der Waals surface area contributed by atoms with Crippen molar-refractivity contribution in [3.63, 3.8) is 0 Å². The highest BCUT2D eigenvalue weighted by Gasteiger charge is 2.33. The molecule has 3 rings (SSSR count). The minimum atomic E-state index is -0.474. The third-order valence-electron chi connectivity index (χ3n) is 5.40. The van der Waals surface area contributed by atoms with Crippen molar-refractivity contribution >= 4 is 46.5 Å². The molecule has 0 aromatic heterocycles. The summed E-state index contributed by atoms with van der Waals surface area (Å²) in [6.07, 6.45) is 5.46. The molecule has 2 aliphatic heterocycles. The fourth-order valence-electron chi connectivity index (χ4n) is 3.62. The molecule has 1 aromatic rings. The van der Waals surface area contributed by atoms with Gasteiger partial charge in [-0.15, -0.1) is 6.58 Å². The molecular formula is C22H25N3O2S. The molecule has 1 aromatic carbocycles. The van der Waals surface area contributed by atoms with Crippen LogP contribution in [0.15, 0.2) is 36.4 Å². The first-order valence-corrected chi connectivity index (χ1v) is 9.55. The summed E-state index contributed by atoms with van der Waals surface area (Å²) in [6, 6.07) is 4.15. The number of carbonyl (C=O) groups is 2. The fourth-order valence-corrected chi connectivity index (χ4v) is 3.87. The number of benzene rings is 1. The van der Waals surface area contributed by atoms with Gasteiger partial charge in [0.05, 0.1) is 5.54 Å². The quantitative estimate of drug-likeness (QED) is 0.369. The van der Waals surface area contributed by atoms with Gasteiger partial charge in [-0.25, -0.2) is 0 Å². The second-order valence-corrected chi connectivity index (χ2v) is 8.17. The Morgan fingerprint density at radius 3 is 2.57 bits per heavy atom. The van der Waals surface area contributed by atoms with Crippen LogP contribution in [0.2, 0.25) is 0 Å². The molecule has 2 heterocycles. The molecule has 1 fully saturated rings. The van der Waals surface area contributed by atoms with Crippen LogP contribution in [0.25, 0.3) is 11.6 Å². The molecule has 5 nitrogen and oxygen atoms in total. The first-order chi connectivity index (χ1) is 13.1. The Balaban J connectivity index is 2.09. The maximum absolute atomic E-state index is 12.8. The fraction of sp³-hybridized carbons (Fsp3) is 0.318. The highest BCUT2D eigenvalue weighted by atomic mass is 32.1. The van der Waals surface area contributed by atoms with E-state index >= 15 is 0 Å². The van der Waals surface area contributed by atoms with Crippen molar-refractivity contribution in [2.75, 3.05) is 18.5 Å². The molecule has 2 aliphatic rings. The summed E-state index contributed by atoms with van der Waals surface area (Å²) in [6.45, 7) is 12.3. The standard InChI is InChI=1S/C22H25N3O2S/c1-7-8-25-20(27)17(19(26)23-21(25)28)11-15-10-16-14(3)12-22(4,5)24(6)18(16)9-13(15)2/h7,9-12H,1,8H2,2-6H3,(H,23,26,28)/b17-11-. The highest BCUT2D eigenvalue weighted by Crippen LogP contribution is 2.39. The van der Waals surface area contributed by atoms with E-state index in [0.29, 0.717) is 0 Å². The SMILES string of the molecule is C=CCN1C(=O)/C(=C\c2cc3c(cc2C)N(C)C(C)(C)C=C3C)C(=O)NC1=S. The van der Waals surface area contributed by atoms with Crippen molar-refractivity contribution in [2.24, 2.45) is 0 Å². The molecule has 0 radical (unpaired) electrons. The molecular weight excluding hydrogens is 370 g/mol. The zero-order chi connectivity index (χ0) is 20.8. The van der Waals surface area contributed by atoms with Gasteiger partial charge in [0.1, 0.15) is 5.57 Å². The molecule has 0 unspecified atom stereocenters. The van der Waals surface area contributed by atoms with Crippen LogP contribution in [0.5, 0.6) is 0 Å². The van der Waals surface area contributed by atoms with Crippen molar-refractivity contribution in [1.29, 1.82) is 0 Å². The number of hydrogen-bond donors (Lipinski definition) is 1. The normalized spacial score (nSPS) is 20.1. The average Bonchev–Trinajstić information content (AvgIpc) is 2.60. The lowest BCUT2D eigenvalue weighted by Gasteiger charge is -2.41. The van der Waals surface area contributed by atoms with Crippen LogP contribution in [0.3, 0.4) is 0 Å². The molecule has 0 spiro atoms. The summed E-state index contributed by atoms with van der Waals surface area (Å²) in [5.74, 6) is -0.880. The zero-order valence-corrected chi connectivity index (χ0v) is 17.7. The van der Waals surface area contributed by atoms with Crippen molar-refractivity contribution < 1.29 is 9.59 Å². The maximum atomic E-state index is 12.8. The Bertz CT molecular complexity index is 972. The van der Waals surface area contributed by atoms with Gasteiger partial charge in [-0.1, -0.05) is 12.2 Å². The predicted octanol–water partition coefficient (Wildman–Crippen LogP) is 3.44. The number of hydrogen-bond acceptors (Lipinski definition) is 4. The number of carbonyl (C=O) groups excluding carboxylic acids is 2. The Labute approximate surface area is 171 Å². The first-order valence-electron chi connectivity index (χ1n) is 9.15. The summed E-state index contributed by atoms with van der Waals surface area (Å²) in [5.41, 5.74) is 5.23. The van der Waals surface area contributed by atoms with Crippen LogP contribution in [0.1, 0.15) is 37.5 Å². The molecule has 1 N–H and O–H groups in total. The molecule has 28 heavy (non-hydrogen) atoms. The van der Waals surface area contributed by atoms with E-state index in [0.717, 1.165) is 22.4 Å². The van der Waals surface area contributed by atoms with E-state index in [1.807, 2.05) is 13.0 Å². The second kappa shape index (κ2) is 7.02. The lowest BCUT2D eigenvalue weighted by molar-refractivity contribution is -0.128. The van der Waals surface area contributed by atoms with Gasteiger partial charge in [0, 0.05) is 24.8 Å². The predicted molar refractivity (Wildman–Crippen MR) is 118 cm³/mol. The molecule has 0 atom stereocenters. The number of amides is 2. The van der Waals surface area contributed by atoms with Gasteiger partial charge in [0.15, 0.2) is 5.11 Å². The number of aryl methyl sites for hydroxylation is 1. The molecule has 0 aliphatic carbocycles. The molecule has 0 bridgehead atoms. The second-order valence-electron chi connectivity index (χ2n) is 7.79. The van der Waals surface area contributed by atoms with E-state index in [-0.39, 0.29) is 22.8 Å². The van der Waals surface area contributed by atoms with Crippen molar-refractivity contribution in [3.8, 4) is 0 Å². The monoisotopic (exact) mass is 395 g/mol. The Morgan fingerprint density at radius 2 is 1.93 bits per heavy atom. The van der Waals surface area contributed by atoms with E-state index in [2.05, 4.69) is 56.8 Å². The Hall–Kier alpha value is -2.73. The molecule has 6 heteroatoms. The molecule has 1 saturated heterocycles. The number of likely N-dealkylation sites (N-methyl/N-ethyl adjacent to an activating group) is 1. The first kappa shape index (κ1) is 20.0. The molecule has 146 valence electrons. The minimum Gasteiger partial charge on any atom is -0.365 e. The zero-order valence-electron chi connectivity index (χ0n) is 16.9. The number of allylic oxidation sites excluding steroid dienone is 1. The lowest BCUT2D eigenvalue weighted by Crippen LogP contribution is -2.53. The molecule has 2 amide bonds. The highest BCUT2D eigenvalue weighted by molar-refractivity contribution is 7.80. The third-order valence-corrected chi connectivity index (χ3v) is 5.72. The van der Waals surface area contributed by atoms with Gasteiger partial charge >= 0.3 is 0 Å². The number of nitrogens with zero attached hydrogens (tertiary/aromatic N) is 2. The number of fused-ring (bicyclic) bond motifs is 1. The van der Waals surface area contributed by atoms with Gasteiger partial charge in [-0.2, -0.15) is 0 Å². The summed E-state index contributed by atoms with van der Waals surface area (Å²) in [4.78, 5) is 28.8. The average molecular weight is 396 g/mol. The van der Waals surface area contributed by atoms with Crippen LogP contribution in [0, 0.1) is 6.92 Å². The smallest absolute Gasteiger partial charge is 0.265 e. The van der Waals surface area contributed by atoms with Crippen molar-refractivity contribution in [3.05, 3.63) is 53.1 Å². The lowest BCUT2D eigenvalue weighted by atomic mass is 9.87. The van der Waals surface area contributed by atoms with Crippen LogP contribution in [0.4, 0.5) is 5.69 Å². The van der Waals surface area contributed by atoms with Gasteiger partial charge in [0.2, 0.25) is 0 Å². The van der Waals surface area contributed by atoms with Crippen molar-refractivity contribution in [2.45, 2.75) is 33.2 Å². The van der Waals surface area contributed by atoms with E-state index in [1.54, 1.807) is 12.2 Å². The number of rotatable bonds is 3. The van der Waals surface area contributed by atoms with Crippen LogP contribution in [-0.4, -0.2) is 41.0 Å². The summed E-state index contributed by atoms with van der Waals surface area (Å²) >= 11 is 5.11. The van der Waals surface area contributed by atoms with Crippen LogP contribution in [-0.2, 0) is 9.59 Å². The molecule has 0 saturated carbocycles. The summed E-state index contributed by atoms with van der Waals surface area (Å²) in [5, 5.41) is 2.69. The van der Waals surface area contributed by atoms with Gasteiger partial charge < -0.3 is 4.90 Å². The largest absolute Gasteiger partial charge is 0.365 e. The van der Waals surface area contributed by atoms with E-state index in [1.165, 1.54) is 10.5 Å². The van der Waals surface area contributed by atoms with Crippen molar-refractivity contribution in [1.82, 2.24) is 10.2 Å². The minimum absolute atomic E-state index is 0.0737. The van der Waals surface area contributed by atoms with Gasteiger partial charge in [-0.05, 0) is 74.8 Å². The number of nitrogens with one attached hydrogen (secondary N) is 1. The van der Waals surface area contributed by atoms with Crippen LogP contribution < -0.4 is 10.2 Å². The van der Waals surface area contributed by atoms with E-state index in [4.69, 9.17) is 12.2 Å².